The molecule has 1 aromatic heterocycles. The Labute approximate surface area is 144 Å². The lowest BCUT2D eigenvalue weighted by Gasteiger charge is -2.26. The second-order valence-electron chi connectivity index (χ2n) is 6.34. The molecule has 2 aromatic rings. The molecule has 0 radical (unpaired) electrons. The molecule has 0 unspecified atom stereocenters. The third-order valence-corrected chi connectivity index (χ3v) is 4.44. The minimum atomic E-state index is -0.573. The Kier molecular flexibility index (Phi) is 4.94. The highest BCUT2D eigenvalue weighted by atomic mass is 19.1. The maximum absolute atomic E-state index is 14.0. The first-order valence-electron chi connectivity index (χ1n) is 8.30. The molecule has 0 spiro atoms. The molecular weight excluding hydrogens is 325 g/mol. The summed E-state index contributed by atoms with van der Waals surface area (Å²) in [6.07, 6.45) is 2.21. The van der Waals surface area contributed by atoms with Gasteiger partial charge in [0.05, 0.1) is 6.10 Å². The second-order valence-corrected chi connectivity index (χ2v) is 6.34. The standard InChI is InChI=1S/C18H20FN3O3/c1-11-10-16(24)17(18(25)20-12-6-8-13(23)9-7-12)21-22(11)15-5-3-2-4-14(15)19/h2-5,10,12-13,23H,6-9H2,1H3,(H,20,25). The van der Waals surface area contributed by atoms with Crippen molar-refractivity contribution in [2.24, 2.45) is 0 Å². The molecule has 2 N–H and O–H groups in total. The third kappa shape index (κ3) is 3.76. The van der Waals surface area contributed by atoms with E-state index in [1.807, 2.05) is 0 Å². The number of aromatic nitrogens is 2. The number of nitrogens with zero attached hydrogens (tertiary/aromatic N) is 2. The van der Waals surface area contributed by atoms with Crippen molar-refractivity contribution in [1.29, 1.82) is 0 Å². The van der Waals surface area contributed by atoms with Crippen molar-refractivity contribution in [1.82, 2.24) is 15.1 Å². The molecule has 1 amide bonds. The molecule has 3 rings (SSSR count). The van der Waals surface area contributed by atoms with Crippen molar-refractivity contribution in [3.8, 4) is 5.69 Å². The maximum atomic E-state index is 14.0. The fourth-order valence-electron chi connectivity index (χ4n) is 3.05. The molecule has 6 nitrogen and oxygen atoms in total. The number of carbonyl (C=O) groups excluding carboxylic acids is 1. The summed E-state index contributed by atoms with van der Waals surface area (Å²) < 4.78 is 15.3. The van der Waals surface area contributed by atoms with Crippen molar-refractivity contribution in [3.05, 3.63) is 57.8 Å². The molecule has 0 atom stereocenters. The number of rotatable bonds is 3. The van der Waals surface area contributed by atoms with Crippen LogP contribution in [-0.2, 0) is 0 Å². The number of halogens is 1. The van der Waals surface area contributed by atoms with Crippen molar-refractivity contribution in [3.63, 3.8) is 0 Å². The quantitative estimate of drug-likeness (QED) is 0.887. The number of carbonyl (C=O) groups is 1. The zero-order valence-corrected chi connectivity index (χ0v) is 13.9. The van der Waals surface area contributed by atoms with Crippen molar-refractivity contribution in [2.45, 2.75) is 44.8 Å². The SMILES string of the molecule is Cc1cc(=O)c(C(=O)NC2CCC(O)CC2)nn1-c1ccccc1F. The van der Waals surface area contributed by atoms with Gasteiger partial charge < -0.3 is 10.4 Å². The molecule has 0 aliphatic heterocycles. The lowest BCUT2D eigenvalue weighted by molar-refractivity contribution is 0.0860. The van der Waals surface area contributed by atoms with Gasteiger partial charge in [0.2, 0.25) is 5.43 Å². The molecule has 1 aliphatic carbocycles. The highest BCUT2D eigenvalue weighted by Gasteiger charge is 2.23. The van der Waals surface area contributed by atoms with Gasteiger partial charge in [0.15, 0.2) is 5.69 Å². The summed E-state index contributed by atoms with van der Waals surface area (Å²) >= 11 is 0. The van der Waals surface area contributed by atoms with Gasteiger partial charge in [0.25, 0.3) is 5.91 Å². The van der Waals surface area contributed by atoms with Crippen LogP contribution in [0, 0.1) is 12.7 Å². The minimum Gasteiger partial charge on any atom is -0.393 e. The van der Waals surface area contributed by atoms with E-state index in [-0.39, 0.29) is 23.5 Å². The summed E-state index contributed by atoms with van der Waals surface area (Å²) in [5.74, 6) is -1.06. The van der Waals surface area contributed by atoms with E-state index in [1.54, 1.807) is 19.1 Å². The Bertz CT molecular complexity index is 842. The topological polar surface area (TPSA) is 84.2 Å². The normalized spacial score (nSPS) is 20.3. The number of aryl methyl sites for hydroxylation is 1. The zero-order valence-electron chi connectivity index (χ0n) is 13.9. The maximum Gasteiger partial charge on any atom is 0.276 e. The summed E-state index contributed by atoms with van der Waals surface area (Å²) in [5.41, 5.74) is -0.152. The summed E-state index contributed by atoms with van der Waals surface area (Å²) in [5, 5.41) is 16.4. The van der Waals surface area contributed by atoms with Crippen molar-refractivity contribution in [2.75, 3.05) is 0 Å². The molecule has 132 valence electrons. The Balaban J connectivity index is 1.89. The van der Waals surface area contributed by atoms with Gasteiger partial charge >= 0.3 is 0 Å². The van der Waals surface area contributed by atoms with E-state index in [2.05, 4.69) is 10.4 Å². The Morgan fingerprint density at radius 2 is 1.96 bits per heavy atom. The number of hydrogen-bond acceptors (Lipinski definition) is 4. The fourth-order valence-corrected chi connectivity index (χ4v) is 3.05. The van der Waals surface area contributed by atoms with Crippen LogP contribution in [0.25, 0.3) is 5.69 Å². The summed E-state index contributed by atoms with van der Waals surface area (Å²) in [4.78, 5) is 24.6. The van der Waals surface area contributed by atoms with Gasteiger partial charge in [0.1, 0.15) is 11.5 Å². The highest BCUT2D eigenvalue weighted by Crippen LogP contribution is 2.18. The fraction of sp³-hybridized carbons (Fsp3) is 0.389. The number of nitrogens with one attached hydrogen (secondary N) is 1. The number of aliphatic hydroxyl groups is 1. The van der Waals surface area contributed by atoms with E-state index in [0.717, 1.165) is 0 Å². The molecule has 1 aromatic carbocycles. The molecule has 25 heavy (non-hydrogen) atoms. The molecule has 0 saturated heterocycles. The monoisotopic (exact) mass is 345 g/mol. The number of benzene rings is 1. The number of amides is 1. The van der Waals surface area contributed by atoms with E-state index in [1.165, 1.54) is 22.9 Å². The van der Waals surface area contributed by atoms with Gasteiger partial charge in [-0.15, -0.1) is 0 Å². The predicted molar refractivity (Wildman–Crippen MR) is 90.3 cm³/mol. The third-order valence-electron chi connectivity index (χ3n) is 4.44. The summed E-state index contributed by atoms with van der Waals surface area (Å²) in [6.45, 7) is 1.63. The molecule has 0 bridgehead atoms. The van der Waals surface area contributed by atoms with Crippen LogP contribution < -0.4 is 10.7 Å². The lowest BCUT2D eigenvalue weighted by atomic mass is 9.93. The van der Waals surface area contributed by atoms with Crippen LogP contribution >= 0.6 is 0 Å². The Hall–Kier alpha value is -2.54. The lowest BCUT2D eigenvalue weighted by Crippen LogP contribution is -2.41. The first-order valence-corrected chi connectivity index (χ1v) is 8.30. The second kappa shape index (κ2) is 7.14. The van der Waals surface area contributed by atoms with Gasteiger partial charge in [-0.1, -0.05) is 12.1 Å². The van der Waals surface area contributed by atoms with E-state index in [4.69, 9.17) is 0 Å². The van der Waals surface area contributed by atoms with E-state index >= 15 is 0 Å². The summed E-state index contributed by atoms with van der Waals surface area (Å²) in [7, 11) is 0. The van der Waals surface area contributed by atoms with Crippen molar-refractivity contribution < 1.29 is 14.3 Å². The van der Waals surface area contributed by atoms with Crippen LogP contribution in [0.2, 0.25) is 0 Å². The average molecular weight is 345 g/mol. The smallest absolute Gasteiger partial charge is 0.276 e. The first kappa shape index (κ1) is 17.3. The minimum absolute atomic E-state index is 0.0969. The number of para-hydroxylation sites is 1. The number of aliphatic hydroxyl groups excluding tert-OH is 1. The zero-order chi connectivity index (χ0) is 18.0. The van der Waals surface area contributed by atoms with Crippen LogP contribution in [-0.4, -0.2) is 32.9 Å². The van der Waals surface area contributed by atoms with Gasteiger partial charge in [-0.3, -0.25) is 9.59 Å². The van der Waals surface area contributed by atoms with Gasteiger partial charge in [-0.25, -0.2) is 9.07 Å². The van der Waals surface area contributed by atoms with Crippen LogP contribution in [0.15, 0.2) is 35.1 Å². The molecule has 1 fully saturated rings. The van der Waals surface area contributed by atoms with Crippen molar-refractivity contribution >= 4 is 5.91 Å². The number of hydrogen-bond donors (Lipinski definition) is 2. The largest absolute Gasteiger partial charge is 0.393 e. The van der Waals surface area contributed by atoms with Crippen LogP contribution in [0.1, 0.15) is 41.9 Å². The Morgan fingerprint density at radius 3 is 2.64 bits per heavy atom. The first-order chi connectivity index (χ1) is 12.0. The van der Waals surface area contributed by atoms with Gasteiger partial charge in [-0.2, -0.15) is 5.10 Å². The van der Waals surface area contributed by atoms with Crippen LogP contribution in [0.5, 0.6) is 0 Å². The Morgan fingerprint density at radius 1 is 1.28 bits per heavy atom. The van der Waals surface area contributed by atoms with Gasteiger partial charge in [0, 0.05) is 17.8 Å². The molecule has 7 heteroatoms. The van der Waals surface area contributed by atoms with Crippen LogP contribution in [0.3, 0.4) is 0 Å². The molecule has 1 heterocycles. The molecule has 1 saturated carbocycles. The highest BCUT2D eigenvalue weighted by molar-refractivity contribution is 5.92. The summed E-state index contributed by atoms with van der Waals surface area (Å²) in [6, 6.07) is 7.22. The van der Waals surface area contributed by atoms with E-state index < -0.39 is 17.2 Å². The van der Waals surface area contributed by atoms with Crippen LogP contribution in [0.4, 0.5) is 4.39 Å². The predicted octanol–water partition coefficient (Wildman–Crippen LogP) is 1.71. The average Bonchev–Trinajstić information content (AvgIpc) is 2.58. The van der Waals surface area contributed by atoms with E-state index in [9.17, 15) is 19.1 Å². The van der Waals surface area contributed by atoms with E-state index in [0.29, 0.717) is 31.4 Å². The van der Waals surface area contributed by atoms with Gasteiger partial charge in [-0.05, 0) is 44.7 Å². The molecular formula is C18H20FN3O3. The molecule has 1 aliphatic rings.